The second-order valence-electron chi connectivity index (χ2n) is 5.56. The van der Waals surface area contributed by atoms with E-state index in [4.69, 9.17) is 9.84 Å². The minimum Gasteiger partial charge on any atom is -0.490 e. The van der Waals surface area contributed by atoms with Crippen molar-refractivity contribution in [2.45, 2.75) is 25.7 Å². The van der Waals surface area contributed by atoms with Gasteiger partial charge in [-0.1, -0.05) is 54.6 Å². The standard InChI is InChI=1S/C20H22O2/c21-14-15-22-20-18(16-8-3-1-4-9-16)12-7-13-19(20)17-10-5-2-6-11-17/h1-5,8-10,12,21H,6-7,11,13-15H2. The summed E-state index contributed by atoms with van der Waals surface area (Å²) in [4.78, 5) is 0. The lowest BCUT2D eigenvalue weighted by atomic mass is 9.86. The smallest absolute Gasteiger partial charge is 0.130 e. The summed E-state index contributed by atoms with van der Waals surface area (Å²) in [5, 5.41) is 9.16. The predicted molar refractivity (Wildman–Crippen MR) is 90.2 cm³/mol. The van der Waals surface area contributed by atoms with Crippen LogP contribution in [0.5, 0.6) is 0 Å². The maximum atomic E-state index is 9.16. The van der Waals surface area contributed by atoms with Crippen LogP contribution in [0.1, 0.15) is 31.2 Å². The Balaban J connectivity index is 2.01. The lowest BCUT2D eigenvalue weighted by Crippen LogP contribution is -2.10. The minimum absolute atomic E-state index is 0.0395. The van der Waals surface area contributed by atoms with Gasteiger partial charge < -0.3 is 9.84 Å². The van der Waals surface area contributed by atoms with Crippen LogP contribution < -0.4 is 0 Å². The normalized spacial score (nSPS) is 18.0. The molecule has 0 bridgehead atoms. The van der Waals surface area contributed by atoms with Crippen molar-refractivity contribution in [3.05, 3.63) is 77.1 Å². The van der Waals surface area contributed by atoms with Crippen LogP contribution in [0.25, 0.3) is 5.57 Å². The quantitative estimate of drug-likeness (QED) is 0.872. The topological polar surface area (TPSA) is 29.5 Å². The molecule has 2 nitrogen and oxygen atoms in total. The zero-order valence-electron chi connectivity index (χ0n) is 12.8. The van der Waals surface area contributed by atoms with E-state index < -0.39 is 0 Å². The number of hydrogen-bond donors (Lipinski definition) is 1. The van der Waals surface area contributed by atoms with E-state index in [1.54, 1.807) is 0 Å². The highest BCUT2D eigenvalue weighted by Gasteiger charge is 2.21. The van der Waals surface area contributed by atoms with Gasteiger partial charge in [-0.15, -0.1) is 0 Å². The van der Waals surface area contributed by atoms with Crippen LogP contribution >= 0.6 is 0 Å². The first-order valence-corrected chi connectivity index (χ1v) is 7.99. The molecule has 0 amide bonds. The summed E-state index contributed by atoms with van der Waals surface area (Å²) in [6.07, 6.45) is 13.0. The summed E-state index contributed by atoms with van der Waals surface area (Å²) < 4.78 is 5.96. The zero-order valence-corrected chi connectivity index (χ0v) is 12.8. The van der Waals surface area contributed by atoms with Crippen molar-refractivity contribution in [1.82, 2.24) is 0 Å². The van der Waals surface area contributed by atoms with Gasteiger partial charge in [0.25, 0.3) is 0 Å². The largest absolute Gasteiger partial charge is 0.490 e. The van der Waals surface area contributed by atoms with Gasteiger partial charge in [0.05, 0.1) is 6.61 Å². The second kappa shape index (κ2) is 7.28. The van der Waals surface area contributed by atoms with Crippen LogP contribution in [-0.2, 0) is 4.74 Å². The molecule has 0 aliphatic heterocycles. The number of ether oxygens (including phenoxy) is 1. The minimum atomic E-state index is 0.0395. The van der Waals surface area contributed by atoms with Crippen molar-refractivity contribution in [1.29, 1.82) is 0 Å². The monoisotopic (exact) mass is 294 g/mol. The predicted octanol–water partition coefficient (Wildman–Crippen LogP) is 4.40. The molecule has 22 heavy (non-hydrogen) atoms. The Hall–Kier alpha value is -2.06. The highest BCUT2D eigenvalue weighted by atomic mass is 16.5. The summed E-state index contributed by atoms with van der Waals surface area (Å²) >= 11 is 0. The molecule has 1 aromatic carbocycles. The lowest BCUT2D eigenvalue weighted by molar-refractivity contribution is 0.151. The molecule has 0 saturated heterocycles. The van der Waals surface area contributed by atoms with E-state index in [2.05, 4.69) is 48.6 Å². The molecule has 1 N–H and O–H groups in total. The summed E-state index contributed by atoms with van der Waals surface area (Å²) in [5.41, 5.74) is 5.02. The van der Waals surface area contributed by atoms with Gasteiger partial charge in [0, 0.05) is 5.57 Å². The van der Waals surface area contributed by atoms with Gasteiger partial charge in [-0.3, -0.25) is 0 Å². The van der Waals surface area contributed by atoms with Crippen LogP contribution in [0.4, 0.5) is 0 Å². The second-order valence-corrected chi connectivity index (χ2v) is 5.56. The van der Waals surface area contributed by atoms with Crippen LogP contribution in [0.15, 0.2) is 71.5 Å². The molecule has 0 saturated carbocycles. The molecule has 0 fully saturated rings. The fourth-order valence-electron chi connectivity index (χ4n) is 3.07. The van der Waals surface area contributed by atoms with E-state index in [-0.39, 0.29) is 6.61 Å². The van der Waals surface area contributed by atoms with Gasteiger partial charge in [-0.05, 0) is 42.4 Å². The maximum Gasteiger partial charge on any atom is 0.130 e. The first-order valence-electron chi connectivity index (χ1n) is 7.99. The molecule has 2 aliphatic rings. The molecule has 2 aliphatic carbocycles. The molecule has 114 valence electrons. The fourth-order valence-corrected chi connectivity index (χ4v) is 3.07. The van der Waals surface area contributed by atoms with E-state index in [1.807, 2.05) is 6.07 Å². The Labute approximate surface area is 132 Å². The molecule has 3 rings (SSSR count). The number of rotatable bonds is 5. The number of hydrogen-bond acceptors (Lipinski definition) is 2. The van der Waals surface area contributed by atoms with Gasteiger partial charge in [-0.25, -0.2) is 0 Å². The molecule has 1 aromatic rings. The molecule has 0 spiro atoms. The average molecular weight is 294 g/mol. The van der Waals surface area contributed by atoms with Gasteiger partial charge in [0.1, 0.15) is 12.4 Å². The molecule has 0 aromatic heterocycles. The van der Waals surface area contributed by atoms with Crippen LogP contribution in [0.3, 0.4) is 0 Å². The molecular weight excluding hydrogens is 272 g/mol. The van der Waals surface area contributed by atoms with E-state index in [0.29, 0.717) is 6.61 Å². The van der Waals surface area contributed by atoms with Crippen LogP contribution in [0.2, 0.25) is 0 Å². The van der Waals surface area contributed by atoms with Gasteiger partial charge in [-0.2, -0.15) is 0 Å². The lowest BCUT2D eigenvalue weighted by Gasteiger charge is -2.25. The van der Waals surface area contributed by atoms with E-state index in [9.17, 15) is 0 Å². The van der Waals surface area contributed by atoms with Crippen LogP contribution in [-0.4, -0.2) is 18.3 Å². The SMILES string of the molecule is OCCOC1=C(C2=CC=CCC2)CCC=C1c1ccccc1. The summed E-state index contributed by atoms with van der Waals surface area (Å²) in [6, 6.07) is 10.4. The summed E-state index contributed by atoms with van der Waals surface area (Å²) in [5.74, 6) is 0.952. The van der Waals surface area contributed by atoms with Gasteiger partial charge >= 0.3 is 0 Å². The Kier molecular flexibility index (Phi) is 4.92. The van der Waals surface area contributed by atoms with E-state index in [0.717, 1.165) is 37.0 Å². The van der Waals surface area contributed by atoms with Crippen molar-refractivity contribution in [3.8, 4) is 0 Å². The molecule has 0 heterocycles. The number of aliphatic hydroxyl groups excluding tert-OH is 1. The Morgan fingerprint density at radius 2 is 1.91 bits per heavy atom. The first kappa shape index (κ1) is 14.9. The Morgan fingerprint density at radius 1 is 1.05 bits per heavy atom. The van der Waals surface area contributed by atoms with Crippen molar-refractivity contribution in [3.63, 3.8) is 0 Å². The van der Waals surface area contributed by atoms with Crippen molar-refractivity contribution < 1.29 is 9.84 Å². The van der Waals surface area contributed by atoms with Gasteiger partial charge in [0.15, 0.2) is 0 Å². The third kappa shape index (κ3) is 3.23. The summed E-state index contributed by atoms with van der Waals surface area (Å²) in [7, 11) is 0. The average Bonchev–Trinajstić information content (AvgIpc) is 2.61. The number of aliphatic hydroxyl groups is 1. The third-order valence-corrected chi connectivity index (χ3v) is 4.09. The Morgan fingerprint density at radius 3 is 2.64 bits per heavy atom. The van der Waals surface area contributed by atoms with Crippen molar-refractivity contribution in [2.24, 2.45) is 0 Å². The van der Waals surface area contributed by atoms with Crippen molar-refractivity contribution in [2.75, 3.05) is 13.2 Å². The van der Waals surface area contributed by atoms with E-state index >= 15 is 0 Å². The number of benzene rings is 1. The van der Waals surface area contributed by atoms with E-state index in [1.165, 1.54) is 16.7 Å². The molecule has 0 atom stereocenters. The molecule has 0 unspecified atom stereocenters. The fraction of sp³-hybridized carbons (Fsp3) is 0.300. The Bertz CT molecular complexity index is 633. The third-order valence-electron chi connectivity index (χ3n) is 4.09. The van der Waals surface area contributed by atoms with Crippen LogP contribution in [0, 0.1) is 0 Å². The van der Waals surface area contributed by atoms with Crippen molar-refractivity contribution >= 4 is 5.57 Å². The zero-order chi connectivity index (χ0) is 15.2. The molecule has 0 radical (unpaired) electrons. The summed E-state index contributed by atoms with van der Waals surface area (Å²) in [6.45, 7) is 0.379. The highest BCUT2D eigenvalue weighted by molar-refractivity contribution is 5.80. The highest BCUT2D eigenvalue weighted by Crippen LogP contribution is 2.38. The molecular formula is C20H22O2. The number of allylic oxidation sites excluding steroid dienone is 7. The van der Waals surface area contributed by atoms with Gasteiger partial charge in [0.2, 0.25) is 0 Å². The first-order chi connectivity index (χ1) is 10.9. The maximum absolute atomic E-state index is 9.16. The molecule has 2 heteroatoms.